The summed E-state index contributed by atoms with van der Waals surface area (Å²) >= 11 is 0. The molecule has 1 aliphatic carbocycles. The Kier molecular flexibility index (Phi) is 3.23. The third-order valence-corrected chi connectivity index (χ3v) is 3.18. The van der Waals surface area contributed by atoms with E-state index in [4.69, 9.17) is 9.26 Å². The lowest BCUT2D eigenvalue weighted by Gasteiger charge is -2.28. The van der Waals surface area contributed by atoms with Crippen molar-refractivity contribution in [1.29, 1.82) is 0 Å². The van der Waals surface area contributed by atoms with Crippen molar-refractivity contribution in [3.05, 3.63) is 11.7 Å². The fraction of sp³-hybridized carbons (Fsp3) is 0.833. The van der Waals surface area contributed by atoms with Gasteiger partial charge < -0.3 is 14.4 Å². The van der Waals surface area contributed by atoms with Crippen molar-refractivity contribution in [3.63, 3.8) is 0 Å². The standard InChI is InChI=1S/C12H20N2O3/c1-12(2,3)9(16-4)10-13-11(17-14-10)7-5-8(15)6-7/h7-9,15H,5-6H2,1-4H3. The Morgan fingerprint density at radius 2 is 2.06 bits per heavy atom. The van der Waals surface area contributed by atoms with Gasteiger partial charge in [0.2, 0.25) is 11.7 Å². The summed E-state index contributed by atoms with van der Waals surface area (Å²) in [4.78, 5) is 4.39. The number of nitrogens with zero attached hydrogens (tertiary/aromatic N) is 2. The summed E-state index contributed by atoms with van der Waals surface area (Å²) < 4.78 is 10.7. The molecule has 2 rings (SSSR count). The molecule has 0 amide bonds. The first-order chi connectivity index (χ1) is 7.91. The highest BCUT2D eigenvalue weighted by molar-refractivity contribution is 5.04. The van der Waals surface area contributed by atoms with Gasteiger partial charge in [0.15, 0.2) is 0 Å². The molecule has 0 saturated heterocycles. The molecule has 96 valence electrons. The second-order valence-electron chi connectivity index (χ2n) is 5.79. The van der Waals surface area contributed by atoms with Crippen LogP contribution in [0.1, 0.15) is 57.3 Å². The number of methoxy groups -OCH3 is 1. The third kappa shape index (κ3) is 2.50. The van der Waals surface area contributed by atoms with Crippen molar-refractivity contribution in [1.82, 2.24) is 10.1 Å². The van der Waals surface area contributed by atoms with Crippen molar-refractivity contribution in [2.75, 3.05) is 7.11 Å². The molecular formula is C12H20N2O3. The van der Waals surface area contributed by atoms with E-state index in [0.717, 1.165) is 12.8 Å². The highest BCUT2D eigenvalue weighted by Crippen LogP contribution is 2.38. The zero-order valence-corrected chi connectivity index (χ0v) is 10.8. The summed E-state index contributed by atoms with van der Waals surface area (Å²) in [6.07, 6.45) is 1.05. The summed E-state index contributed by atoms with van der Waals surface area (Å²) in [5.41, 5.74) is -0.0744. The van der Waals surface area contributed by atoms with Crippen LogP contribution < -0.4 is 0 Å². The zero-order valence-electron chi connectivity index (χ0n) is 10.8. The van der Waals surface area contributed by atoms with Gasteiger partial charge in [0.25, 0.3) is 0 Å². The summed E-state index contributed by atoms with van der Waals surface area (Å²) in [5, 5.41) is 13.2. The van der Waals surface area contributed by atoms with E-state index in [1.807, 2.05) is 0 Å². The quantitative estimate of drug-likeness (QED) is 0.875. The lowest BCUT2D eigenvalue weighted by Crippen LogP contribution is -2.27. The molecule has 1 aromatic heterocycles. The predicted octanol–water partition coefficient (Wildman–Crippen LogP) is 2.04. The highest BCUT2D eigenvalue weighted by atomic mass is 16.5. The summed E-state index contributed by atoms with van der Waals surface area (Å²) in [6, 6.07) is 0. The monoisotopic (exact) mass is 240 g/mol. The van der Waals surface area contributed by atoms with E-state index >= 15 is 0 Å². The molecule has 1 aromatic rings. The summed E-state index contributed by atoms with van der Waals surface area (Å²) in [6.45, 7) is 6.22. The Balaban J connectivity index is 2.12. The predicted molar refractivity (Wildman–Crippen MR) is 61.5 cm³/mol. The second-order valence-corrected chi connectivity index (χ2v) is 5.79. The first kappa shape index (κ1) is 12.5. The SMILES string of the molecule is COC(c1noc(C2CC(O)C2)n1)C(C)(C)C. The highest BCUT2D eigenvalue weighted by Gasteiger charge is 2.35. The van der Waals surface area contributed by atoms with Gasteiger partial charge in [-0.3, -0.25) is 0 Å². The lowest BCUT2D eigenvalue weighted by atomic mass is 9.82. The maximum atomic E-state index is 9.26. The van der Waals surface area contributed by atoms with Gasteiger partial charge in [0.1, 0.15) is 6.10 Å². The minimum atomic E-state index is -0.212. The minimum Gasteiger partial charge on any atom is -0.393 e. The largest absolute Gasteiger partial charge is 0.393 e. The molecule has 1 N–H and O–H groups in total. The van der Waals surface area contributed by atoms with Crippen molar-refractivity contribution in [2.45, 2.75) is 51.7 Å². The first-order valence-corrected chi connectivity index (χ1v) is 5.96. The second kappa shape index (κ2) is 4.38. The lowest BCUT2D eigenvalue weighted by molar-refractivity contribution is 0.00718. The number of aliphatic hydroxyl groups is 1. The van der Waals surface area contributed by atoms with Crippen molar-refractivity contribution >= 4 is 0 Å². The van der Waals surface area contributed by atoms with Crippen LogP contribution in [0.4, 0.5) is 0 Å². The number of hydrogen-bond donors (Lipinski definition) is 1. The van der Waals surface area contributed by atoms with Crippen LogP contribution >= 0.6 is 0 Å². The molecule has 17 heavy (non-hydrogen) atoms. The molecule has 0 spiro atoms. The van der Waals surface area contributed by atoms with Crippen LogP contribution in [0.25, 0.3) is 0 Å². The van der Waals surface area contributed by atoms with E-state index in [9.17, 15) is 5.11 Å². The van der Waals surface area contributed by atoms with Gasteiger partial charge in [0, 0.05) is 13.0 Å². The van der Waals surface area contributed by atoms with Gasteiger partial charge in [-0.15, -0.1) is 0 Å². The van der Waals surface area contributed by atoms with Crippen LogP contribution in [0.3, 0.4) is 0 Å². The number of rotatable bonds is 3. The Morgan fingerprint density at radius 1 is 1.41 bits per heavy atom. The van der Waals surface area contributed by atoms with Crippen molar-refractivity contribution < 1.29 is 14.4 Å². The number of aromatic nitrogens is 2. The van der Waals surface area contributed by atoms with E-state index in [1.54, 1.807) is 7.11 Å². The van der Waals surface area contributed by atoms with Crippen LogP contribution in [-0.4, -0.2) is 28.5 Å². The summed E-state index contributed by atoms with van der Waals surface area (Å²) in [7, 11) is 1.65. The maximum Gasteiger partial charge on any atom is 0.230 e. The molecule has 0 aromatic carbocycles. The molecule has 1 fully saturated rings. The van der Waals surface area contributed by atoms with Crippen LogP contribution in [0.5, 0.6) is 0 Å². The van der Waals surface area contributed by atoms with Crippen LogP contribution in [0.2, 0.25) is 0 Å². The van der Waals surface area contributed by atoms with E-state index in [1.165, 1.54) is 0 Å². The van der Waals surface area contributed by atoms with Gasteiger partial charge in [-0.2, -0.15) is 4.98 Å². The van der Waals surface area contributed by atoms with Crippen molar-refractivity contribution in [2.24, 2.45) is 5.41 Å². The average Bonchev–Trinajstić information content (AvgIpc) is 2.60. The molecule has 1 unspecified atom stereocenters. The number of aliphatic hydroxyl groups excluding tert-OH is 1. The Bertz CT molecular complexity index is 377. The maximum absolute atomic E-state index is 9.26. The molecule has 1 aliphatic rings. The molecule has 1 atom stereocenters. The Labute approximate surface area is 101 Å². The molecular weight excluding hydrogens is 220 g/mol. The van der Waals surface area contributed by atoms with Crippen LogP contribution in [0, 0.1) is 5.41 Å². The van der Waals surface area contributed by atoms with E-state index in [2.05, 4.69) is 30.9 Å². The average molecular weight is 240 g/mol. The molecule has 5 nitrogen and oxygen atoms in total. The van der Waals surface area contributed by atoms with Gasteiger partial charge in [0.05, 0.1) is 6.10 Å². The van der Waals surface area contributed by atoms with Crippen molar-refractivity contribution in [3.8, 4) is 0 Å². The van der Waals surface area contributed by atoms with Gasteiger partial charge in [-0.25, -0.2) is 0 Å². The Morgan fingerprint density at radius 3 is 2.53 bits per heavy atom. The van der Waals surface area contributed by atoms with Crippen LogP contribution in [-0.2, 0) is 4.74 Å². The fourth-order valence-electron chi connectivity index (χ4n) is 2.16. The number of ether oxygens (including phenoxy) is 1. The zero-order chi connectivity index (χ0) is 12.6. The minimum absolute atomic E-state index is 0.0744. The van der Waals surface area contributed by atoms with Gasteiger partial charge >= 0.3 is 0 Å². The molecule has 0 aliphatic heterocycles. The molecule has 1 saturated carbocycles. The first-order valence-electron chi connectivity index (χ1n) is 5.96. The van der Waals surface area contributed by atoms with Gasteiger partial charge in [-0.05, 0) is 18.3 Å². The smallest absolute Gasteiger partial charge is 0.230 e. The number of hydrogen-bond acceptors (Lipinski definition) is 5. The molecule has 0 bridgehead atoms. The molecule has 5 heteroatoms. The van der Waals surface area contributed by atoms with E-state index < -0.39 is 0 Å². The molecule has 0 radical (unpaired) electrons. The van der Waals surface area contributed by atoms with Gasteiger partial charge in [-0.1, -0.05) is 25.9 Å². The normalized spacial score (nSPS) is 26.6. The molecule has 1 heterocycles. The van der Waals surface area contributed by atoms with E-state index in [0.29, 0.717) is 11.7 Å². The van der Waals surface area contributed by atoms with Crippen LogP contribution in [0.15, 0.2) is 4.52 Å². The fourth-order valence-corrected chi connectivity index (χ4v) is 2.16. The summed E-state index contributed by atoms with van der Waals surface area (Å²) in [5.74, 6) is 1.43. The topological polar surface area (TPSA) is 68.4 Å². The Hall–Kier alpha value is -0.940. The third-order valence-electron chi connectivity index (χ3n) is 3.18. The van der Waals surface area contributed by atoms with E-state index in [-0.39, 0.29) is 23.5 Å².